The SMILES string of the molecule is Cc1c(C23CC(C#N)(C2)C3)nc2c([C@@H](C)Nc3ccc(Cl)nc3C(=O)O)cc(Cl)cn2c1=O. The van der Waals surface area contributed by atoms with E-state index in [1.807, 2.05) is 6.92 Å². The Kier molecular flexibility index (Phi) is 4.71. The van der Waals surface area contributed by atoms with Gasteiger partial charge in [-0.15, -0.1) is 0 Å². The highest BCUT2D eigenvalue weighted by atomic mass is 35.5. The van der Waals surface area contributed by atoms with Crippen molar-refractivity contribution in [3.8, 4) is 6.07 Å². The Morgan fingerprint density at radius 2 is 2.00 bits per heavy atom. The van der Waals surface area contributed by atoms with Gasteiger partial charge in [0, 0.05) is 22.7 Å². The van der Waals surface area contributed by atoms with Crippen LogP contribution < -0.4 is 10.9 Å². The minimum atomic E-state index is -1.22. The Balaban J connectivity index is 1.61. The van der Waals surface area contributed by atoms with Crippen molar-refractivity contribution in [1.82, 2.24) is 14.4 Å². The molecule has 3 aliphatic rings. The molecule has 3 heterocycles. The molecule has 3 saturated carbocycles. The van der Waals surface area contributed by atoms with E-state index in [1.54, 1.807) is 19.1 Å². The maximum Gasteiger partial charge on any atom is 0.356 e. The summed E-state index contributed by atoms with van der Waals surface area (Å²) in [6.07, 6.45) is 3.68. The number of carboxylic acids is 1. The van der Waals surface area contributed by atoms with E-state index < -0.39 is 12.0 Å². The van der Waals surface area contributed by atoms with E-state index >= 15 is 0 Å². The molecule has 0 unspecified atom stereocenters. The van der Waals surface area contributed by atoms with Crippen LogP contribution in [0.2, 0.25) is 10.2 Å². The number of hydrogen-bond acceptors (Lipinski definition) is 6. The molecular weight excluding hydrogens is 465 g/mol. The smallest absolute Gasteiger partial charge is 0.356 e. The molecule has 2 bridgehead atoms. The largest absolute Gasteiger partial charge is 0.476 e. The standard InChI is InChI=1S/C23H19Cl2N5O3/c1-11-18(23-7-22(8-23,9-23)10-26)29-19-14(5-13(24)6-30(19)20(11)31)12(2)27-15-3-4-16(25)28-17(15)21(32)33/h3-6,12,27H,7-9H2,1-2H3,(H,32,33)/t12-,22?,23?/m1/s1. The molecule has 0 aliphatic heterocycles. The fraction of sp³-hybridized carbons (Fsp3) is 0.348. The zero-order valence-corrected chi connectivity index (χ0v) is 19.3. The van der Waals surface area contributed by atoms with E-state index in [-0.39, 0.29) is 32.9 Å². The van der Waals surface area contributed by atoms with Crippen LogP contribution in [0.15, 0.2) is 29.2 Å². The van der Waals surface area contributed by atoms with Crippen molar-refractivity contribution in [3.63, 3.8) is 0 Å². The first-order valence-corrected chi connectivity index (χ1v) is 11.1. The molecule has 0 aromatic carbocycles. The summed E-state index contributed by atoms with van der Waals surface area (Å²) in [5.41, 5.74) is 1.74. The van der Waals surface area contributed by atoms with Gasteiger partial charge in [-0.25, -0.2) is 14.8 Å². The molecule has 8 nitrogen and oxygen atoms in total. The molecule has 3 aromatic heterocycles. The highest BCUT2D eigenvalue weighted by Crippen LogP contribution is 2.73. The van der Waals surface area contributed by atoms with Gasteiger partial charge < -0.3 is 10.4 Å². The van der Waals surface area contributed by atoms with Crippen LogP contribution in [0.5, 0.6) is 0 Å². The van der Waals surface area contributed by atoms with Crippen molar-refractivity contribution in [2.45, 2.75) is 44.6 Å². The van der Waals surface area contributed by atoms with Gasteiger partial charge in [0.1, 0.15) is 10.8 Å². The molecule has 0 amide bonds. The summed E-state index contributed by atoms with van der Waals surface area (Å²) in [7, 11) is 0. The van der Waals surface area contributed by atoms with Gasteiger partial charge in [0.05, 0.1) is 33.9 Å². The van der Waals surface area contributed by atoms with Gasteiger partial charge in [-0.05, 0) is 51.3 Å². The van der Waals surface area contributed by atoms with Crippen molar-refractivity contribution in [3.05, 3.63) is 67.4 Å². The summed E-state index contributed by atoms with van der Waals surface area (Å²) in [6.45, 7) is 3.58. The summed E-state index contributed by atoms with van der Waals surface area (Å²) < 4.78 is 1.43. The van der Waals surface area contributed by atoms with Gasteiger partial charge in [0.15, 0.2) is 5.69 Å². The molecule has 1 atom stereocenters. The highest BCUT2D eigenvalue weighted by molar-refractivity contribution is 6.30. The number of hydrogen-bond donors (Lipinski definition) is 2. The minimum Gasteiger partial charge on any atom is -0.476 e. The number of aromatic nitrogens is 3. The van der Waals surface area contributed by atoms with Crippen LogP contribution in [0.1, 0.15) is 59.5 Å². The first kappa shape index (κ1) is 21.7. The van der Waals surface area contributed by atoms with E-state index in [9.17, 15) is 20.0 Å². The number of pyridine rings is 2. The van der Waals surface area contributed by atoms with Crippen molar-refractivity contribution >= 4 is 40.5 Å². The Labute approximate surface area is 198 Å². The third-order valence-electron chi connectivity index (χ3n) is 6.82. The third kappa shape index (κ3) is 3.18. The van der Waals surface area contributed by atoms with E-state index in [4.69, 9.17) is 28.2 Å². The summed E-state index contributed by atoms with van der Waals surface area (Å²) in [5, 5.41) is 22.5. The van der Waals surface area contributed by atoms with Gasteiger partial charge in [0.25, 0.3) is 5.56 Å². The molecule has 3 aromatic rings. The number of anilines is 1. The van der Waals surface area contributed by atoms with E-state index in [0.717, 1.165) is 25.0 Å². The number of nitrogens with zero attached hydrogens (tertiary/aromatic N) is 4. The predicted molar refractivity (Wildman–Crippen MR) is 123 cm³/mol. The summed E-state index contributed by atoms with van der Waals surface area (Å²) in [6, 6.07) is 6.68. The second-order valence-electron chi connectivity index (χ2n) is 9.10. The van der Waals surface area contributed by atoms with Crippen molar-refractivity contribution in [2.24, 2.45) is 5.41 Å². The quantitative estimate of drug-likeness (QED) is 0.511. The lowest BCUT2D eigenvalue weighted by atomic mass is 9.34. The lowest BCUT2D eigenvalue weighted by Gasteiger charge is -2.66. The molecule has 0 radical (unpaired) electrons. The van der Waals surface area contributed by atoms with E-state index in [0.29, 0.717) is 21.8 Å². The molecular formula is C23H19Cl2N5O3. The van der Waals surface area contributed by atoms with Crippen LogP contribution in [0.25, 0.3) is 5.65 Å². The fourth-order valence-electron chi connectivity index (χ4n) is 5.34. The van der Waals surface area contributed by atoms with Crippen LogP contribution in [0, 0.1) is 23.7 Å². The second kappa shape index (κ2) is 7.17. The van der Waals surface area contributed by atoms with Crippen molar-refractivity contribution < 1.29 is 9.90 Å². The Morgan fingerprint density at radius 3 is 2.64 bits per heavy atom. The number of carboxylic acid groups (broad SMARTS) is 1. The Morgan fingerprint density at radius 1 is 1.30 bits per heavy atom. The molecule has 2 N–H and O–H groups in total. The van der Waals surface area contributed by atoms with Crippen molar-refractivity contribution in [2.75, 3.05) is 5.32 Å². The molecule has 0 spiro atoms. The van der Waals surface area contributed by atoms with Gasteiger partial charge in [-0.1, -0.05) is 23.2 Å². The maximum atomic E-state index is 13.2. The first-order chi connectivity index (χ1) is 15.6. The third-order valence-corrected chi connectivity index (χ3v) is 7.23. The van der Waals surface area contributed by atoms with Crippen LogP contribution in [-0.2, 0) is 5.41 Å². The maximum absolute atomic E-state index is 13.2. The predicted octanol–water partition coefficient (Wildman–Crippen LogP) is 4.52. The van der Waals surface area contributed by atoms with Crippen LogP contribution in [0.4, 0.5) is 5.69 Å². The lowest BCUT2D eigenvalue weighted by molar-refractivity contribution is -0.0960. The molecule has 3 fully saturated rings. The second-order valence-corrected chi connectivity index (χ2v) is 9.93. The fourth-order valence-corrected chi connectivity index (χ4v) is 5.70. The van der Waals surface area contributed by atoms with Gasteiger partial charge in [0.2, 0.25) is 0 Å². The van der Waals surface area contributed by atoms with Crippen LogP contribution in [0.3, 0.4) is 0 Å². The van der Waals surface area contributed by atoms with Crippen LogP contribution in [-0.4, -0.2) is 25.4 Å². The molecule has 6 rings (SSSR count). The molecule has 3 aliphatic carbocycles. The number of halogens is 2. The zero-order valence-electron chi connectivity index (χ0n) is 17.8. The molecule has 10 heteroatoms. The normalized spacial score (nSPS) is 23.8. The number of nitrogens with one attached hydrogen (secondary N) is 1. The van der Waals surface area contributed by atoms with Gasteiger partial charge in [-0.2, -0.15) is 5.26 Å². The zero-order chi connectivity index (χ0) is 23.7. The average Bonchev–Trinajstić information content (AvgIpc) is 2.71. The van der Waals surface area contributed by atoms with Gasteiger partial charge >= 0.3 is 5.97 Å². The highest BCUT2D eigenvalue weighted by Gasteiger charge is 2.70. The Bertz CT molecular complexity index is 1440. The van der Waals surface area contributed by atoms with Crippen molar-refractivity contribution in [1.29, 1.82) is 5.26 Å². The minimum absolute atomic E-state index is 0.0702. The monoisotopic (exact) mass is 483 g/mol. The number of rotatable bonds is 5. The number of carbonyl (C=O) groups is 1. The van der Waals surface area contributed by atoms with Gasteiger partial charge in [-0.3, -0.25) is 9.20 Å². The summed E-state index contributed by atoms with van der Waals surface area (Å²) in [5.74, 6) is -1.22. The van der Waals surface area contributed by atoms with E-state index in [1.165, 1.54) is 16.7 Å². The number of aromatic carboxylic acids is 1. The lowest BCUT2D eigenvalue weighted by Crippen LogP contribution is -2.64. The number of fused-ring (bicyclic) bond motifs is 1. The molecule has 0 saturated heterocycles. The summed E-state index contributed by atoms with van der Waals surface area (Å²) in [4.78, 5) is 33.7. The first-order valence-electron chi connectivity index (χ1n) is 10.4. The van der Waals surface area contributed by atoms with Crippen LogP contribution >= 0.6 is 23.2 Å². The molecule has 33 heavy (non-hydrogen) atoms. The topological polar surface area (TPSA) is 120 Å². The summed E-state index contributed by atoms with van der Waals surface area (Å²) >= 11 is 12.2. The number of nitriles is 1. The average molecular weight is 484 g/mol. The van der Waals surface area contributed by atoms with E-state index in [2.05, 4.69) is 16.4 Å². The molecule has 168 valence electrons. The Hall–Kier alpha value is -3.15.